The number of hydrogen-bond acceptors (Lipinski definition) is 4. The Morgan fingerprint density at radius 1 is 1.04 bits per heavy atom. The molecule has 8 heteroatoms. The molecule has 0 heterocycles. The SMILES string of the molecule is COC(=O)Nc1ccc(NC(=O)N(C)Cc2ccc(OC)c(F)c2)cc1. The maximum atomic E-state index is 13.7. The molecule has 0 atom stereocenters. The minimum atomic E-state index is -0.576. The highest BCUT2D eigenvalue weighted by Gasteiger charge is 2.11. The van der Waals surface area contributed by atoms with Gasteiger partial charge in [-0.2, -0.15) is 0 Å². The van der Waals surface area contributed by atoms with Gasteiger partial charge in [-0.05, 0) is 42.0 Å². The molecule has 0 fully saturated rings. The number of anilines is 2. The molecule has 0 saturated heterocycles. The predicted octanol–water partition coefficient (Wildman–Crippen LogP) is 3.68. The summed E-state index contributed by atoms with van der Waals surface area (Å²) in [6.07, 6.45) is -0.576. The van der Waals surface area contributed by atoms with Crippen molar-refractivity contribution in [3.8, 4) is 5.75 Å². The lowest BCUT2D eigenvalue weighted by atomic mass is 10.2. The molecule has 26 heavy (non-hydrogen) atoms. The Balaban J connectivity index is 1.94. The first-order valence-corrected chi connectivity index (χ1v) is 7.72. The number of benzene rings is 2. The average molecular weight is 361 g/mol. The second-order valence-electron chi connectivity index (χ2n) is 5.45. The summed E-state index contributed by atoms with van der Waals surface area (Å²) >= 11 is 0. The maximum Gasteiger partial charge on any atom is 0.411 e. The molecule has 2 rings (SSSR count). The molecule has 2 aromatic carbocycles. The van der Waals surface area contributed by atoms with Crippen LogP contribution in [0.5, 0.6) is 5.75 Å². The number of nitrogens with one attached hydrogen (secondary N) is 2. The van der Waals surface area contributed by atoms with Crippen molar-refractivity contribution in [2.24, 2.45) is 0 Å². The Morgan fingerprint density at radius 2 is 1.65 bits per heavy atom. The molecule has 0 spiro atoms. The number of ether oxygens (including phenoxy) is 2. The van der Waals surface area contributed by atoms with E-state index in [4.69, 9.17) is 4.74 Å². The van der Waals surface area contributed by atoms with Crippen molar-refractivity contribution in [3.63, 3.8) is 0 Å². The van der Waals surface area contributed by atoms with Gasteiger partial charge in [0.15, 0.2) is 11.6 Å². The number of amides is 3. The van der Waals surface area contributed by atoms with Gasteiger partial charge in [-0.15, -0.1) is 0 Å². The van der Waals surface area contributed by atoms with Crippen molar-refractivity contribution in [2.75, 3.05) is 31.9 Å². The Kier molecular flexibility index (Phi) is 6.37. The minimum Gasteiger partial charge on any atom is -0.494 e. The average Bonchev–Trinajstić information content (AvgIpc) is 2.63. The molecule has 0 aliphatic carbocycles. The maximum absolute atomic E-state index is 13.7. The van der Waals surface area contributed by atoms with Gasteiger partial charge in [0.25, 0.3) is 0 Å². The third-order valence-electron chi connectivity index (χ3n) is 3.55. The summed E-state index contributed by atoms with van der Waals surface area (Å²) in [5.74, 6) is -0.325. The molecule has 0 saturated carbocycles. The van der Waals surface area contributed by atoms with Crippen LogP contribution in [0.1, 0.15) is 5.56 Å². The quantitative estimate of drug-likeness (QED) is 0.851. The van der Waals surface area contributed by atoms with Gasteiger partial charge < -0.3 is 19.7 Å². The highest BCUT2D eigenvalue weighted by atomic mass is 19.1. The number of nitrogens with zero attached hydrogens (tertiary/aromatic N) is 1. The first kappa shape index (κ1) is 19.0. The Morgan fingerprint density at radius 3 is 2.19 bits per heavy atom. The molecule has 0 radical (unpaired) electrons. The number of halogens is 1. The van der Waals surface area contributed by atoms with Gasteiger partial charge in [-0.25, -0.2) is 14.0 Å². The van der Waals surface area contributed by atoms with Crippen LogP contribution in [0.25, 0.3) is 0 Å². The van der Waals surface area contributed by atoms with Crippen molar-refractivity contribution in [2.45, 2.75) is 6.54 Å². The lowest BCUT2D eigenvalue weighted by Crippen LogP contribution is -2.30. The highest BCUT2D eigenvalue weighted by Crippen LogP contribution is 2.19. The zero-order valence-corrected chi connectivity index (χ0v) is 14.7. The number of carbonyl (C=O) groups is 2. The lowest BCUT2D eigenvalue weighted by Gasteiger charge is -2.18. The zero-order valence-electron chi connectivity index (χ0n) is 14.7. The summed E-state index contributed by atoms with van der Waals surface area (Å²) in [7, 11) is 4.27. The monoisotopic (exact) mass is 361 g/mol. The summed E-state index contributed by atoms with van der Waals surface area (Å²) in [5, 5.41) is 5.23. The van der Waals surface area contributed by atoms with Crippen molar-refractivity contribution in [1.29, 1.82) is 0 Å². The van der Waals surface area contributed by atoms with Crippen molar-refractivity contribution >= 4 is 23.5 Å². The van der Waals surface area contributed by atoms with E-state index in [-0.39, 0.29) is 18.3 Å². The van der Waals surface area contributed by atoms with E-state index in [2.05, 4.69) is 15.4 Å². The van der Waals surface area contributed by atoms with Crippen LogP contribution in [0.3, 0.4) is 0 Å². The molecule has 7 nitrogen and oxygen atoms in total. The molecule has 0 aliphatic rings. The van der Waals surface area contributed by atoms with E-state index in [1.807, 2.05) is 0 Å². The van der Waals surface area contributed by atoms with Crippen molar-refractivity contribution < 1.29 is 23.5 Å². The normalized spacial score (nSPS) is 10.0. The number of rotatable bonds is 5. The molecule has 0 bridgehead atoms. The van der Waals surface area contributed by atoms with Gasteiger partial charge >= 0.3 is 12.1 Å². The fraction of sp³-hybridized carbons (Fsp3) is 0.222. The first-order chi connectivity index (χ1) is 12.4. The largest absolute Gasteiger partial charge is 0.494 e. The fourth-order valence-electron chi connectivity index (χ4n) is 2.18. The smallest absolute Gasteiger partial charge is 0.411 e. The van der Waals surface area contributed by atoms with Crippen molar-refractivity contribution in [1.82, 2.24) is 4.90 Å². The third-order valence-corrected chi connectivity index (χ3v) is 3.55. The van der Waals surface area contributed by atoms with Crippen LogP contribution in [0.4, 0.5) is 25.4 Å². The van der Waals surface area contributed by atoms with Crippen LogP contribution in [0, 0.1) is 5.82 Å². The van der Waals surface area contributed by atoms with Crippen LogP contribution < -0.4 is 15.4 Å². The van der Waals surface area contributed by atoms with Gasteiger partial charge in [-0.1, -0.05) is 6.07 Å². The standard InChI is InChI=1S/C18H20FN3O4/c1-22(11-12-4-9-16(25-2)15(19)10-12)17(23)20-13-5-7-14(8-6-13)21-18(24)26-3/h4-10H,11H2,1-3H3,(H,20,23)(H,21,24). The van der Waals surface area contributed by atoms with E-state index < -0.39 is 11.9 Å². The highest BCUT2D eigenvalue weighted by molar-refractivity contribution is 5.90. The van der Waals surface area contributed by atoms with Gasteiger partial charge in [0.2, 0.25) is 0 Å². The van der Waals surface area contributed by atoms with E-state index >= 15 is 0 Å². The molecule has 2 N–H and O–H groups in total. The summed E-state index contributed by atoms with van der Waals surface area (Å²) in [5.41, 5.74) is 1.73. The molecule has 138 valence electrons. The van der Waals surface area contributed by atoms with E-state index in [0.717, 1.165) is 0 Å². The fourth-order valence-corrected chi connectivity index (χ4v) is 2.18. The van der Waals surface area contributed by atoms with Crippen LogP contribution in [-0.2, 0) is 11.3 Å². The summed E-state index contributed by atoms with van der Waals surface area (Å²) < 4.78 is 23.1. The van der Waals surface area contributed by atoms with E-state index in [1.165, 1.54) is 31.3 Å². The number of carbonyl (C=O) groups excluding carboxylic acids is 2. The first-order valence-electron chi connectivity index (χ1n) is 7.72. The summed E-state index contributed by atoms with van der Waals surface area (Å²) in [6, 6.07) is 10.7. The molecular weight excluding hydrogens is 341 g/mol. The van der Waals surface area contributed by atoms with E-state index in [1.54, 1.807) is 37.4 Å². The Labute approximate surface area is 150 Å². The van der Waals surface area contributed by atoms with Crippen molar-refractivity contribution in [3.05, 3.63) is 53.8 Å². The van der Waals surface area contributed by atoms with Crippen LogP contribution in [0.15, 0.2) is 42.5 Å². The van der Waals surface area contributed by atoms with E-state index in [9.17, 15) is 14.0 Å². The van der Waals surface area contributed by atoms with Gasteiger partial charge in [0.05, 0.1) is 14.2 Å². The van der Waals surface area contributed by atoms with Crippen LogP contribution in [0.2, 0.25) is 0 Å². The Bertz CT molecular complexity index is 781. The number of hydrogen-bond donors (Lipinski definition) is 2. The molecule has 0 unspecified atom stereocenters. The summed E-state index contributed by atoms with van der Waals surface area (Å²) in [4.78, 5) is 24.8. The molecular formula is C18H20FN3O4. The topological polar surface area (TPSA) is 79.9 Å². The molecule has 0 aromatic heterocycles. The lowest BCUT2D eigenvalue weighted by molar-refractivity contribution is 0.187. The van der Waals surface area contributed by atoms with Gasteiger partial charge in [-0.3, -0.25) is 5.32 Å². The second kappa shape index (κ2) is 8.70. The van der Waals surface area contributed by atoms with Gasteiger partial charge in [0.1, 0.15) is 0 Å². The van der Waals surface area contributed by atoms with Gasteiger partial charge in [0, 0.05) is 25.0 Å². The Hall–Kier alpha value is -3.29. The van der Waals surface area contributed by atoms with E-state index in [0.29, 0.717) is 16.9 Å². The van der Waals surface area contributed by atoms with Crippen LogP contribution >= 0.6 is 0 Å². The second-order valence-corrected chi connectivity index (χ2v) is 5.45. The number of methoxy groups -OCH3 is 2. The minimum absolute atomic E-state index is 0.154. The molecule has 3 amide bonds. The molecule has 0 aliphatic heterocycles. The van der Waals surface area contributed by atoms with Crippen LogP contribution in [-0.4, -0.2) is 38.3 Å². The third kappa shape index (κ3) is 5.10. The zero-order chi connectivity index (χ0) is 19.1. The predicted molar refractivity (Wildman–Crippen MR) is 95.9 cm³/mol. The summed E-state index contributed by atoms with van der Waals surface area (Å²) in [6.45, 7) is 0.231. The number of urea groups is 1. The molecule has 2 aromatic rings.